The molecule has 0 bridgehead atoms. The van der Waals surface area contributed by atoms with Crippen LogP contribution in [0.5, 0.6) is 0 Å². The van der Waals surface area contributed by atoms with E-state index in [4.69, 9.17) is 4.98 Å². The highest BCUT2D eigenvalue weighted by Gasteiger charge is 2.27. The summed E-state index contributed by atoms with van der Waals surface area (Å²) in [5.74, 6) is 0.953. The van der Waals surface area contributed by atoms with Crippen LogP contribution < -0.4 is 4.90 Å². The Bertz CT molecular complexity index is 631. The lowest BCUT2D eigenvalue weighted by Crippen LogP contribution is -2.54. The van der Waals surface area contributed by atoms with Crippen molar-refractivity contribution in [1.82, 2.24) is 14.9 Å². The summed E-state index contributed by atoms with van der Waals surface area (Å²) in [6.45, 7) is 7.63. The van der Waals surface area contributed by atoms with Gasteiger partial charge in [0, 0.05) is 32.2 Å². The molecule has 1 aliphatic rings. The number of hydrogen-bond acceptors (Lipinski definition) is 5. The fourth-order valence-corrected chi connectivity index (χ4v) is 3.17. The molecule has 22 heavy (non-hydrogen) atoms. The quantitative estimate of drug-likeness (QED) is 0.935. The minimum atomic E-state index is -0.277. The van der Waals surface area contributed by atoms with E-state index >= 15 is 0 Å². The molecule has 1 aromatic heterocycles. The molecule has 118 valence electrons. The smallest absolute Gasteiger partial charge is 0.147 e. The third-order valence-electron chi connectivity index (χ3n) is 4.33. The Hall–Kier alpha value is -1.72. The van der Waals surface area contributed by atoms with Gasteiger partial charge in [0.2, 0.25) is 0 Å². The van der Waals surface area contributed by atoms with Crippen LogP contribution in [0, 0.1) is 0 Å². The molecule has 3 rings (SSSR count). The fourth-order valence-electron chi connectivity index (χ4n) is 3.17. The maximum absolute atomic E-state index is 9.64. The van der Waals surface area contributed by atoms with Gasteiger partial charge in [-0.1, -0.05) is 19.1 Å². The van der Waals surface area contributed by atoms with Crippen LogP contribution in [-0.4, -0.2) is 58.3 Å². The number of anilines is 1. The fraction of sp³-hybridized carbons (Fsp3) is 0.529. The first-order chi connectivity index (χ1) is 10.7. The van der Waals surface area contributed by atoms with Gasteiger partial charge in [-0.3, -0.25) is 9.88 Å². The summed E-state index contributed by atoms with van der Waals surface area (Å²) in [6.07, 6.45) is 2.67. The van der Waals surface area contributed by atoms with Crippen LogP contribution in [0.15, 0.2) is 30.5 Å². The molecule has 1 fully saturated rings. The van der Waals surface area contributed by atoms with E-state index in [-0.39, 0.29) is 6.10 Å². The first-order valence-corrected chi connectivity index (χ1v) is 8.06. The molecule has 0 radical (unpaired) electrons. The molecule has 0 spiro atoms. The highest BCUT2D eigenvalue weighted by molar-refractivity contribution is 5.75. The molecule has 0 aliphatic carbocycles. The largest absolute Gasteiger partial charge is 0.392 e. The van der Waals surface area contributed by atoms with Gasteiger partial charge < -0.3 is 10.0 Å². The predicted molar refractivity (Wildman–Crippen MR) is 89.1 cm³/mol. The zero-order chi connectivity index (χ0) is 15.5. The van der Waals surface area contributed by atoms with E-state index in [0.717, 1.165) is 49.5 Å². The molecule has 5 heteroatoms. The summed E-state index contributed by atoms with van der Waals surface area (Å²) >= 11 is 0. The zero-order valence-electron chi connectivity index (χ0n) is 13.3. The van der Waals surface area contributed by atoms with Crippen molar-refractivity contribution < 1.29 is 5.11 Å². The molecular formula is C17H24N4O. The van der Waals surface area contributed by atoms with Crippen LogP contribution in [0.1, 0.15) is 20.3 Å². The second-order valence-corrected chi connectivity index (χ2v) is 6.07. The van der Waals surface area contributed by atoms with E-state index in [1.807, 2.05) is 37.4 Å². The molecule has 2 aromatic rings. The van der Waals surface area contributed by atoms with Crippen LogP contribution in [-0.2, 0) is 0 Å². The molecule has 2 atom stereocenters. The Balaban J connectivity index is 1.77. The van der Waals surface area contributed by atoms with Gasteiger partial charge in [-0.15, -0.1) is 0 Å². The van der Waals surface area contributed by atoms with Crippen molar-refractivity contribution in [3.63, 3.8) is 0 Å². The topological polar surface area (TPSA) is 52.5 Å². The number of benzene rings is 1. The molecular weight excluding hydrogens is 276 g/mol. The summed E-state index contributed by atoms with van der Waals surface area (Å²) in [7, 11) is 0. The van der Waals surface area contributed by atoms with E-state index in [1.165, 1.54) is 0 Å². The Morgan fingerprint density at radius 3 is 2.77 bits per heavy atom. The van der Waals surface area contributed by atoms with Gasteiger partial charge in [0.25, 0.3) is 0 Å². The third kappa shape index (κ3) is 3.20. The van der Waals surface area contributed by atoms with Crippen molar-refractivity contribution in [1.29, 1.82) is 0 Å². The van der Waals surface area contributed by atoms with Gasteiger partial charge in [-0.05, 0) is 25.5 Å². The number of rotatable bonds is 4. The molecule has 1 saturated heterocycles. The summed E-state index contributed by atoms with van der Waals surface area (Å²) < 4.78 is 0. The van der Waals surface area contributed by atoms with Crippen molar-refractivity contribution in [2.75, 3.05) is 31.1 Å². The van der Waals surface area contributed by atoms with Crippen LogP contribution in [0.4, 0.5) is 5.82 Å². The van der Waals surface area contributed by atoms with Gasteiger partial charge in [-0.2, -0.15) is 0 Å². The van der Waals surface area contributed by atoms with E-state index in [2.05, 4.69) is 21.7 Å². The number of aromatic nitrogens is 2. The van der Waals surface area contributed by atoms with Crippen LogP contribution in [0.2, 0.25) is 0 Å². The standard InChI is InChI=1S/C17H24N4O/c1-3-14-12-21(9-8-20(14)11-13(2)22)17-10-18-15-6-4-5-7-16(15)19-17/h4-7,10,13-14,22H,3,8-9,11-12H2,1-2H3/t13-,14+/m1/s1. The number of fused-ring (bicyclic) bond motifs is 1. The summed E-state index contributed by atoms with van der Waals surface area (Å²) in [6, 6.07) is 8.43. The number of nitrogens with zero attached hydrogens (tertiary/aromatic N) is 4. The lowest BCUT2D eigenvalue weighted by atomic mass is 10.1. The lowest BCUT2D eigenvalue weighted by Gasteiger charge is -2.42. The molecule has 0 amide bonds. The van der Waals surface area contributed by atoms with Gasteiger partial charge in [0.1, 0.15) is 5.82 Å². The summed E-state index contributed by atoms with van der Waals surface area (Å²) in [5, 5.41) is 9.64. The van der Waals surface area contributed by atoms with Crippen molar-refractivity contribution in [3.05, 3.63) is 30.5 Å². The first-order valence-electron chi connectivity index (χ1n) is 8.06. The Kier molecular flexibility index (Phi) is 4.55. The first kappa shape index (κ1) is 15.2. The zero-order valence-corrected chi connectivity index (χ0v) is 13.3. The van der Waals surface area contributed by atoms with Gasteiger partial charge in [0.15, 0.2) is 0 Å². The SMILES string of the molecule is CC[C@H]1CN(c2cnc3ccccc3n2)CCN1C[C@@H](C)O. The highest BCUT2D eigenvalue weighted by atomic mass is 16.3. The van der Waals surface area contributed by atoms with E-state index in [9.17, 15) is 5.11 Å². The predicted octanol–water partition coefficient (Wildman–Crippen LogP) is 1.91. The number of aliphatic hydroxyl groups excluding tert-OH is 1. The summed E-state index contributed by atoms with van der Waals surface area (Å²) in [4.78, 5) is 14.0. The number of β-amino-alcohol motifs (C(OH)–C–C–N with tert-alkyl or cyclic N) is 1. The second-order valence-electron chi connectivity index (χ2n) is 6.07. The Labute approximate surface area is 131 Å². The van der Waals surface area contributed by atoms with Gasteiger partial charge >= 0.3 is 0 Å². The van der Waals surface area contributed by atoms with Crippen LogP contribution >= 0.6 is 0 Å². The summed E-state index contributed by atoms with van der Waals surface area (Å²) in [5.41, 5.74) is 1.88. The van der Waals surface area contributed by atoms with Gasteiger partial charge in [-0.25, -0.2) is 4.98 Å². The average molecular weight is 300 g/mol. The molecule has 1 aliphatic heterocycles. The van der Waals surface area contributed by atoms with Crippen molar-refractivity contribution >= 4 is 16.9 Å². The van der Waals surface area contributed by atoms with Crippen LogP contribution in [0.3, 0.4) is 0 Å². The third-order valence-corrected chi connectivity index (χ3v) is 4.33. The maximum atomic E-state index is 9.64. The normalized spacial score (nSPS) is 21.2. The minimum Gasteiger partial charge on any atom is -0.392 e. The monoisotopic (exact) mass is 300 g/mol. The minimum absolute atomic E-state index is 0.277. The Morgan fingerprint density at radius 2 is 2.05 bits per heavy atom. The van der Waals surface area contributed by atoms with Crippen molar-refractivity contribution in [3.8, 4) is 0 Å². The number of aliphatic hydroxyl groups is 1. The molecule has 5 nitrogen and oxygen atoms in total. The van der Waals surface area contributed by atoms with Crippen molar-refractivity contribution in [2.24, 2.45) is 0 Å². The van der Waals surface area contributed by atoms with Gasteiger partial charge in [0.05, 0.1) is 23.3 Å². The van der Waals surface area contributed by atoms with E-state index in [1.54, 1.807) is 0 Å². The number of para-hydroxylation sites is 2. The molecule has 1 N–H and O–H groups in total. The maximum Gasteiger partial charge on any atom is 0.147 e. The molecule has 0 unspecified atom stereocenters. The molecule has 1 aromatic carbocycles. The molecule has 0 saturated carbocycles. The second kappa shape index (κ2) is 6.58. The van der Waals surface area contributed by atoms with Crippen molar-refractivity contribution in [2.45, 2.75) is 32.4 Å². The number of piperazine rings is 1. The van der Waals surface area contributed by atoms with E-state index in [0.29, 0.717) is 6.04 Å². The van der Waals surface area contributed by atoms with E-state index < -0.39 is 0 Å². The average Bonchev–Trinajstić information content (AvgIpc) is 2.54. The molecule has 2 heterocycles. The van der Waals surface area contributed by atoms with Crippen LogP contribution in [0.25, 0.3) is 11.0 Å². The highest BCUT2D eigenvalue weighted by Crippen LogP contribution is 2.20. The Morgan fingerprint density at radius 1 is 1.27 bits per heavy atom. The lowest BCUT2D eigenvalue weighted by molar-refractivity contribution is 0.0884. The number of hydrogen-bond donors (Lipinski definition) is 1.